The van der Waals surface area contributed by atoms with Crippen LogP contribution in [0.25, 0.3) is 0 Å². The summed E-state index contributed by atoms with van der Waals surface area (Å²) in [4.78, 5) is 12.6. The van der Waals surface area contributed by atoms with Crippen LogP contribution in [0.4, 0.5) is 0 Å². The molecule has 2 aromatic heterocycles. The first-order valence-corrected chi connectivity index (χ1v) is 8.12. The van der Waals surface area contributed by atoms with Crippen molar-refractivity contribution in [2.45, 2.75) is 10.6 Å². The fourth-order valence-electron chi connectivity index (χ4n) is 1.63. The van der Waals surface area contributed by atoms with E-state index >= 15 is 0 Å². The Hall–Kier alpha value is -1.71. The zero-order chi connectivity index (χ0) is 14.8. The van der Waals surface area contributed by atoms with E-state index in [1.54, 1.807) is 25.4 Å². The molecule has 0 spiro atoms. The van der Waals surface area contributed by atoms with Gasteiger partial charge in [0, 0.05) is 24.7 Å². The lowest BCUT2D eigenvalue weighted by Gasteiger charge is -2.04. The quantitative estimate of drug-likeness (QED) is 0.816. The van der Waals surface area contributed by atoms with Crippen molar-refractivity contribution in [3.63, 3.8) is 0 Å². The Kier molecular flexibility index (Phi) is 4.21. The highest BCUT2D eigenvalue weighted by molar-refractivity contribution is 7.91. The number of carbonyl (C=O) groups excluding carboxylic acids is 1. The maximum Gasteiger partial charge on any atom is 0.269 e. The molecule has 108 valence electrons. The Bertz CT molecular complexity index is 718. The molecule has 2 rings (SSSR count). The zero-order valence-corrected chi connectivity index (χ0v) is 12.4. The molecule has 0 fully saturated rings. The Morgan fingerprint density at radius 2 is 2.20 bits per heavy atom. The molecule has 0 saturated carbocycles. The molecule has 0 aliphatic carbocycles. The van der Waals surface area contributed by atoms with Gasteiger partial charge < -0.3 is 5.32 Å². The lowest BCUT2D eigenvalue weighted by atomic mass is 10.3. The number of rotatable bonds is 5. The summed E-state index contributed by atoms with van der Waals surface area (Å²) in [6.07, 6.45) is 2.09. The van der Waals surface area contributed by atoms with Crippen molar-refractivity contribution >= 4 is 27.3 Å². The number of nitrogens with one attached hydrogen (secondary N) is 1. The smallest absolute Gasteiger partial charge is 0.269 e. The summed E-state index contributed by atoms with van der Waals surface area (Å²) in [7, 11) is -1.96. The normalized spacial score (nSPS) is 11.5. The van der Waals surface area contributed by atoms with Crippen LogP contribution in [0.15, 0.2) is 28.6 Å². The summed E-state index contributed by atoms with van der Waals surface area (Å²) < 4.78 is 23.9. The average molecular weight is 314 g/mol. The molecule has 0 saturated heterocycles. The summed E-state index contributed by atoms with van der Waals surface area (Å²) in [5.74, 6) is -0.215. The molecule has 20 heavy (non-hydrogen) atoms. The van der Waals surface area contributed by atoms with E-state index in [0.29, 0.717) is 18.7 Å². The van der Waals surface area contributed by atoms with E-state index in [2.05, 4.69) is 10.4 Å². The van der Waals surface area contributed by atoms with Crippen molar-refractivity contribution in [1.82, 2.24) is 15.1 Å². The first kappa shape index (κ1) is 14.7. The van der Waals surface area contributed by atoms with Gasteiger partial charge in [0.1, 0.15) is 9.90 Å². The minimum atomic E-state index is -3.64. The molecule has 2 aromatic rings. The van der Waals surface area contributed by atoms with Gasteiger partial charge in [-0.05, 0) is 24.6 Å². The molecule has 1 amide bonds. The largest absolute Gasteiger partial charge is 0.350 e. The second kappa shape index (κ2) is 5.73. The van der Waals surface area contributed by atoms with E-state index in [1.165, 1.54) is 10.7 Å². The van der Waals surface area contributed by atoms with E-state index in [0.717, 1.165) is 16.2 Å². The summed E-state index contributed by atoms with van der Waals surface area (Å²) in [6, 6.07) is 4.79. The third kappa shape index (κ3) is 3.44. The molecule has 3 N–H and O–H groups in total. The standard InChI is InChI=1S/C11H14N4O3S2/c1-15-9(5-7-14-15)11(16)13-6-4-8-2-3-10(19-8)20(12,17)18/h2-3,5,7H,4,6H2,1H3,(H,13,16)(H2,12,17,18). The van der Waals surface area contributed by atoms with E-state index in [-0.39, 0.29) is 10.1 Å². The molecule has 0 radical (unpaired) electrons. The van der Waals surface area contributed by atoms with Crippen LogP contribution >= 0.6 is 11.3 Å². The van der Waals surface area contributed by atoms with Gasteiger partial charge in [-0.1, -0.05) is 0 Å². The van der Waals surface area contributed by atoms with Crippen LogP contribution in [0, 0.1) is 0 Å². The summed E-state index contributed by atoms with van der Waals surface area (Å²) in [6.45, 7) is 0.411. The number of amides is 1. The molecule has 0 unspecified atom stereocenters. The summed E-state index contributed by atoms with van der Waals surface area (Å²) >= 11 is 1.11. The molecule has 0 aliphatic heterocycles. The number of thiophene rings is 1. The lowest BCUT2D eigenvalue weighted by molar-refractivity contribution is 0.0945. The van der Waals surface area contributed by atoms with Crippen LogP contribution < -0.4 is 10.5 Å². The number of aryl methyl sites for hydroxylation is 1. The lowest BCUT2D eigenvalue weighted by Crippen LogP contribution is -2.27. The van der Waals surface area contributed by atoms with E-state index in [1.807, 2.05) is 0 Å². The molecular formula is C11H14N4O3S2. The van der Waals surface area contributed by atoms with Gasteiger partial charge >= 0.3 is 0 Å². The molecular weight excluding hydrogens is 300 g/mol. The van der Waals surface area contributed by atoms with Crippen LogP contribution in [0.2, 0.25) is 0 Å². The van der Waals surface area contributed by atoms with Gasteiger partial charge in [-0.25, -0.2) is 13.6 Å². The maximum absolute atomic E-state index is 11.8. The fourth-order valence-corrected chi connectivity index (χ4v) is 3.41. The van der Waals surface area contributed by atoms with Gasteiger partial charge in [0.15, 0.2) is 0 Å². The number of primary sulfonamides is 1. The highest BCUT2D eigenvalue weighted by Gasteiger charge is 2.12. The van der Waals surface area contributed by atoms with Gasteiger partial charge in [0.2, 0.25) is 10.0 Å². The summed E-state index contributed by atoms with van der Waals surface area (Å²) in [5.41, 5.74) is 0.474. The highest BCUT2D eigenvalue weighted by atomic mass is 32.2. The molecule has 0 atom stereocenters. The third-order valence-electron chi connectivity index (χ3n) is 2.63. The van der Waals surface area contributed by atoms with E-state index in [4.69, 9.17) is 5.14 Å². The Morgan fingerprint density at radius 3 is 2.75 bits per heavy atom. The average Bonchev–Trinajstić information content (AvgIpc) is 2.97. The topological polar surface area (TPSA) is 107 Å². The fraction of sp³-hybridized carbons (Fsp3) is 0.273. The number of hydrogen-bond acceptors (Lipinski definition) is 5. The predicted octanol–water partition coefficient (Wildman–Crippen LogP) is 0.102. The number of nitrogens with zero attached hydrogens (tertiary/aromatic N) is 2. The highest BCUT2D eigenvalue weighted by Crippen LogP contribution is 2.20. The number of nitrogens with two attached hydrogens (primary N) is 1. The molecule has 9 heteroatoms. The summed E-state index contributed by atoms with van der Waals surface area (Å²) in [5, 5.41) is 11.7. The van der Waals surface area contributed by atoms with Gasteiger partial charge in [-0.15, -0.1) is 11.3 Å². The second-order valence-electron chi connectivity index (χ2n) is 4.11. The first-order chi connectivity index (χ1) is 9.38. The van der Waals surface area contributed by atoms with Crippen LogP contribution in [-0.2, 0) is 23.5 Å². The number of hydrogen-bond donors (Lipinski definition) is 2. The van der Waals surface area contributed by atoms with Crippen molar-refractivity contribution in [3.05, 3.63) is 35.0 Å². The van der Waals surface area contributed by atoms with Gasteiger partial charge in [0.25, 0.3) is 5.91 Å². The van der Waals surface area contributed by atoms with Crippen molar-refractivity contribution < 1.29 is 13.2 Å². The second-order valence-corrected chi connectivity index (χ2v) is 7.07. The minimum absolute atomic E-state index is 0.130. The monoisotopic (exact) mass is 314 g/mol. The zero-order valence-electron chi connectivity index (χ0n) is 10.7. The third-order valence-corrected chi connectivity index (χ3v) is 5.21. The van der Waals surface area contributed by atoms with Crippen molar-refractivity contribution in [1.29, 1.82) is 0 Å². The molecule has 7 nitrogen and oxygen atoms in total. The number of aromatic nitrogens is 2. The molecule has 0 aliphatic rings. The van der Waals surface area contributed by atoms with Crippen LogP contribution in [-0.4, -0.2) is 30.7 Å². The van der Waals surface area contributed by atoms with Crippen molar-refractivity contribution in [3.8, 4) is 0 Å². The van der Waals surface area contributed by atoms with Crippen molar-refractivity contribution in [2.75, 3.05) is 6.54 Å². The SMILES string of the molecule is Cn1nccc1C(=O)NCCc1ccc(S(N)(=O)=O)s1. The van der Waals surface area contributed by atoms with Crippen LogP contribution in [0.3, 0.4) is 0 Å². The van der Waals surface area contributed by atoms with Crippen LogP contribution in [0.5, 0.6) is 0 Å². The minimum Gasteiger partial charge on any atom is -0.350 e. The van der Waals surface area contributed by atoms with Gasteiger partial charge in [-0.3, -0.25) is 9.48 Å². The maximum atomic E-state index is 11.8. The van der Waals surface area contributed by atoms with E-state index in [9.17, 15) is 13.2 Å². The first-order valence-electron chi connectivity index (χ1n) is 5.75. The van der Waals surface area contributed by atoms with Crippen LogP contribution in [0.1, 0.15) is 15.4 Å². The van der Waals surface area contributed by atoms with Crippen molar-refractivity contribution in [2.24, 2.45) is 12.2 Å². The molecule has 2 heterocycles. The Labute approximate surface area is 120 Å². The number of sulfonamides is 1. The molecule has 0 aromatic carbocycles. The predicted molar refractivity (Wildman–Crippen MR) is 74.9 cm³/mol. The van der Waals surface area contributed by atoms with Gasteiger partial charge in [-0.2, -0.15) is 5.10 Å². The Morgan fingerprint density at radius 1 is 1.45 bits per heavy atom. The number of carbonyl (C=O) groups is 1. The Balaban J connectivity index is 1.89. The van der Waals surface area contributed by atoms with E-state index < -0.39 is 10.0 Å². The van der Waals surface area contributed by atoms with Gasteiger partial charge in [0.05, 0.1) is 0 Å². The molecule has 0 bridgehead atoms.